The fraction of sp³-hybridized carbons (Fsp3) is 0.538. The van der Waals surface area contributed by atoms with Gasteiger partial charge in [-0.05, 0) is 37.0 Å². The van der Waals surface area contributed by atoms with Crippen molar-refractivity contribution in [2.45, 2.75) is 37.1 Å². The van der Waals surface area contributed by atoms with Gasteiger partial charge in [-0.3, -0.25) is 0 Å². The largest absolute Gasteiger partial charge is 0.492 e. The molecule has 7 heteroatoms. The normalized spacial score (nSPS) is 16.3. The average Bonchev–Trinajstić information content (AvgIpc) is 2.43. The van der Waals surface area contributed by atoms with Crippen LogP contribution in [0.1, 0.15) is 25.3 Å². The lowest BCUT2D eigenvalue weighted by Gasteiger charge is -2.22. The predicted molar refractivity (Wildman–Crippen MR) is 76.2 cm³/mol. The maximum absolute atomic E-state index is 12.4. The molecule has 0 spiro atoms. The molecule has 0 saturated heterocycles. The Morgan fingerprint density at radius 3 is 2.90 bits per heavy atom. The molecule has 112 valence electrons. The fourth-order valence-corrected chi connectivity index (χ4v) is 3.73. The van der Waals surface area contributed by atoms with Crippen LogP contribution in [0.4, 0.5) is 5.69 Å². The van der Waals surface area contributed by atoms with Crippen molar-refractivity contribution in [3.05, 3.63) is 17.7 Å². The Kier molecular flexibility index (Phi) is 4.52. The summed E-state index contributed by atoms with van der Waals surface area (Å²) in [7, 11) is -3.76. The summed E-state index contributed by atoms with van der Waals surface area (Å²) in [6.45, 7) is 2.05. The Bertz CT molecular complexity index is 582. The van der Waals surface area contributed by atoms with E-state index in [-0.39, 0.29) is 11.5 Å². The number of hydrogen-bond acceptors (Lipinski definition) is 5. The average molecular weight is 300 g/mol. The Morgan fingerprint density at radius 1 is 1.50 bits per heavy atom. The van der Waals surface area contributed by atoms with Crippen LogP contribution in [-0.2, 0) is 16.4 Å². The minimum absolute atomic E-state index is 0.0547. The molecule has 0 aliphatic carbocycles. The first-order valence-electron chi connectivity index (χ1n) is 6.66. The third-order valence-corrected chi connectivity index (χ3v) is 4.84. The van der Waals surface area contributed by atoms with Gasteiger partial charge in [0.15, 0.2) is 0 Å². The number of rotatable bonds is 5. The van der Waals surface area contributed by atoms with Gasteiger partial charge in [0.2, 0.25) is 10.0 Å². The predicted octanol–water partition coefficient (Wildman–Crippen LogP) is 0.643. The van der Waals surface area contributed by atoms with E-state index in [1.54, 1.807) is 13.0 Å². The van der Waals surface area contributed by atoms with E-state index >= 15 is 0 Å². The molecule has 0 unspecified atom stereocenters. The summed E-state index contributed by atoms with van der Waals surface area (Å²) in [6, 6.07) is 2.63. The third-order valence-electron chi connectivity index (χ3n) is 3.32. The molecule has 1 atom stereocenters. The maximum Gasteiger partial charge on any atom is 0.244 e. The van der Waals surface area contributed by atoms with Crippen molar-refractivity contribution in [1.82, 2.24) is 4.72 Å². The lowest BCUT2D eigenvalue weighted by Crippen LogP contribution is -2.37. The number of benzene rings is 1. The molecule has 0 aromatic heterocycles. The second-order valence-corrected chi connectivity index (χ2v) is 6.55. The van der Waals surface area contributed by atoms with Gasteiger partial charge in [-0.25, -0.2) is 13.1 Å². The first-order valence-corrected chi connectivity index (χ1v) is 8.14. The van der Waals surface area contributed by atoms with Crippen LogP contribution in [0, 0.1) is 0 Å². The van der Waals surface area contributed by atoms with Gasteiger partial charge in [0.25, 0.3) is 0 Å². The van der Waals surface area contributed by atoms with Gasteiger partial charge in [0.1, 0.15) is 10.6 Å². The number of aliphatic hydroxyl groups excluding tert-OH is 1. The number of nitrogens with two attached hydrogens (primary N) is 1. The van der Waals surface area contributed by atoms with Crippen LogP contribution in [0.15, 0.2) is 17.0 Å². The number of fused-ring (bicyclic) bond motifs is 1. The second-order valence-electron chi connectivity index (χ2n) is 4.87. The van der Waals surface area contributed by atoms with Gasteiger partial charge in [0, 0.05) is 11.7 Å². The van der Waals surface area contributed by atoms with E-state index in [1.165, 1.54) is 6.07 Å². The summed E-state index contributed by atoms with van der Waals surface area (Å²) in [5.74, 6) is 0.380. The molecule has 1 aromatic carbocycles. The molecular formula is C13H20N2O4S. The number of aryl methyl sites for hydroxylation is 1. The number of ether oxygens (including phenoxy) is 1. The van der Waals surface area contributed by atoms with E-state index in [1.807, 2.05) is 0 Å². The summed E-state index contributed by atoms with van der Waals surface area (Å²) >= 11 is 0. The SMILES string of the molecule is CC[C@H](CO)NS(=O)(=O)c1cc(N)cc2c1OCCC2. The number of nitrogens with one attached hydrogen (secondary N) is 1. The highest BCUT2D eigenvalue weighted by atomic mass is 32.2. The lowest BCUT2D eigenvalue weighted by molar-refractivity contribution is 0.253. The van der Waals surface area contributed by atoms with Crippen molar-refractivity contribution in [2.24, 2.45) is 0 Å². The Hall–Kier alpha value is -1.31. The molecule has 1 aliphatic heterocycles. The van der Waals surface area contributed by atoms with E-state index in [4.69, 9.17) is 15.6 Å². The molecule has 6 nitrogen and oxygen atoms in total. The van der Waals surface area contributed by atoms with Gasteiger partial charge >= 0.3 is 0 Å². The first kappa shape index (κ1) is 15.1. The van der Waals surface area contributed by atoms with Crippen molar-refractivity contribution in [3.63, 3.8) is 0 Å². The van der Waals surface area contributed by atoms with Crippen LogP contribution in [-0.4, -0.2) is 32.8 Å². The summed E-state index contributed by atoms with van der Waals surface area (Å²) in [5, 5.41) is 9.15. The van der Waals surface area contributed by atoms with Crippen molar-refractivity contribution in [3.8, 4) is 5.75 Å². The zero-order valence-electron chi connectivity index (χ0n) is 11.4. The molecule has 0 bridgehead atoms. The zero-order chi connectivity index (χ0) is 14.8. The molecule has 0 fully saturated rings. The summed E-state index contributed by atoms with van der Waals surface area (Å²) in [5.41, 5.74) is 6.99. The van der Waals surface area contributed by atoms with Crippen LogP contribution < -0.4 is 15.2 Å². The van der Waals surface area contributed by atoms with Gasteiger partial charge in [-0.1, -0.05) is 6.92 Å². The Morgan fingerprint density at radius 2 is 2.25 bits per heavy atom. The highest BCUT2D eigenvalue weighted by Gasteiger charge is 2.26. The highest BCUT2D eigenvalue weighted by molar-refractivity contribution is 7.89. The minimum Gasteiger partial charge on any atom is -0.492 e. The molecular weight excluding hydrogens is 280 g/mol. The monoisotopic (exact) mass is 300 g/mol. The van der Waals surface area contributed by atoms with Crippen molar-refractivity contribution >= 4 is 15.7 Å². The van der Waals surface area contributed by atoms with Crippen LogP contribution >= 0.6 is 0 Å². The van der Waals surface area contributed by atoms with Crippen LogP contribution in [0.2, 0.25) is 0 Å². The molecule has 4 N–H and O–H groups in total. The molecule has 1 aromatic rings. The van der Waals surface area contributed by atoms with Gasteiger partial charge in [-0.2, -0.15) is 0 Å². The standard InChI is InChI=1S/C13H20N2O4S/c1-2-11(8-16)15-20(17,18)12-7-10(14)6-9-4-3-5-19-13(9)12/h6-7,11,15-16H,2-5,8,14H2,1H3/t11-/m1/s1. The summed E-state index contributed by atoms with van der Waals surface area (Å²) in [6.07, 6.45) is 2.10. The van der Waals surface area contributed by atoms with Crippen LogP contribution in [0.3, 0.4) is 0 Å². The molecule has 0 radical (unpaired) electrons. The summed E-state index contributed by atoms with van der Waals surface area (Å²) < 4.78 is 32.8. The van der Waals surface area contributed by atoms with E-state index in [9.17, 15) is 8.42 Å². The van der Waals surface area contributed by atoms with E-state index < -0.39 is 16.1 Å². The van der Waals surface area contributed by atoms with E-state index in [0.717, 1.165) is 18.4 Å². The van der Waals surface area contributed by atoms with Gasteiger partial charge in [-0.15, -0.1) is 0 Å². The van der Waals surface area contributed by atoms with Crippen molar-refractivity contribution in [2.75, 3.05) is 18.9 Å². The van der Waals surface area contributed by atoms with E-state index in [2.05, 4.69) is 4.72 Å². The quantitative estimate of drug-likeness (QED) is 0.693. The van der Waals surface area contributed by atoms with Gasteiger partial charge in [0.05, 0.1) is 13.2 Å². The van der Waals surface area contributed by atoms with E-state index in [0.29, 0.717) is 24.5 Å². The Labute approximate surface area is 119 Å². The highest BCUT2D eigenvalue weighted by Crippen LogP contribution is 2.34. The van der Waals surface area contributed by atoms with Crippen LogP contribution in [0.25, 0.3) is 0 Å². The smallest absolute Gasteiger partial charge is 0.244 e. The van der Waals surface area contributed by atoms with Gasteiger partial charge < -0.3 is 15.6 Å². The number of anilines is 1. The molecule has 0 saturated carbocycles. The van der Waals surface area contributed by atoms with Crippen molar-refractivity contribution < 1.29 is 18.3 Å². The molecule has 0 amide bonds. The fourth-order valence-electron chi connectivity index (χ4n) is 2.20. The molecule has 20 heavy (non-hydrogen) atoms. The first-order chi connectivity index (χ1) is 9.47. The molecule has 1 aliphatic rings. The zero-order valence-corrected chi connectivity index (χ0v) is 12.2. The number of hydrogen-bond donors (Lipinski definition) is 3. The van der Waals surface area contributed by atoms with Crippen LogP contribution in [0.5, 0.6) is 5.75 Å². The molecule has 1 heterocycles. The molecule has 2 rings (SSSR count). The number of aliphatic hydroxyl groups is 1. The number of nitrogen functional groups attached to an aromatic ring is 1. The minimum atomic E-state index is -3.76. The lowest BCUT2D eigenvalue weighted by atomic mass is 10.1. The third kappa shape index (κ3) is 3.05. The maximum atomic E-state index is 12.4. The Balaban J connectivity index is 2.43. The summed E-state index contributed by atoms with van der Waals surface area (Å²) in [4.78, 5) is 0.0547. The number of sulfonamides is 1. The second kappa shape index (κ2) is 5.99. The van der Waals surface area contributed by atoms with Crippen molar-refractivity contribution in [1.29, 1.82) is 0 Å². The topological polar surface area (TPSA) is 102 Å².